The van der Waals surface area contributed by atoms with E-state index in [0.717, 1.165) is 0 Å². The van der Waals surface area contributed by atoms with Gasteiger partial charge in [-0.2, -0.15) is 0 Å². The second-order valence-corrected chi connectivity index (χ2v) is 8.02. The van der Waals surface area contributed by atoms with Gasteiger partial charge in [0.2, 0.25) is 0 Å². The van der Waals surface area contributed by atoms with Crippen molar-refractivity contribution in [2.75, 3.05) is 20.4 Å². The van der Waals surface area contributed by atoms with Crippen molar-refractivity contribution in [2.45, 2.75) is 13.1 Å². The zero-order valence-electron chi connectivity index (χ0n) is 10.6. The second kappa shape index (κ2) is 4.92. The second-order valence-electron chi connectivity index (χ2n) is 4.55. The average molecular weight is 255 g/mol. The van der Waals surface area contributed by atoms with Gasteiger partial charge in [0.25, 0.3) is 5.91 Å². The molecule has 0 saturated carbocycles. The molecule has 0 bridgehead atoms. The number of phenols is 1. The van der Waals surface area contributed by atoms with Gasteiger partial charge in [-0.25, -0.2) is 0 Å². The molecular formula is C12H18NO3P. The number of rotatable bonds is 3. The lowest BCUT2D eigenvalue weighted by Crippen LogP contribution is -2.21. The highest BCUT2D eigenvalue weighted by Crippen LogP contribution is 2.42. The van der Waals surface area contributed by atoms with Crippen LogP contribution in [0.1, 0.15) is 21.5 Å². The first kappa shape index (κ1) is 13.8. The quantitative estimate of drug-likeness (QED) is 0.813. The fraction of sp³-hybridized carbons (Fsp3) is 0.417. The molecule has 17 heavy (non-hydrogen) atoms. The first-order valence-corrected chi connectivity index (χ1v) is 8.12. The minimum Gasteiger partial charge on any atom is -0.508 e. The Balaban J connectivity index is 3.35. The van der Waals surface area contributed by atoms with Crippen molar-refractivity contribution in [3.05, 3.63) is 28.8 Å². The van der Waals surface area contributed by atoms with Crippen LogP contribution in [0, 0.1) is 6.92 Å². The molecule has 5 heteroatoms. The first-order valence-electron chi connectivity index (χ1n) is 5.34. The summed E-state index contributed by atoms with van der Waals surface area (Å²) in [7, 11) is -0.727. The van der Waals surface area contributed by atoms with Gasteiger partial charge in [-0.3, -0.25) is 4.79 Å². The normalized spacial score (nSPS) is 11.3. The molecule has 0 heterocycles. The van der Waals surface area contributed by atoms with E-state index < -0.39 is 7.14 Å². The van der Waals surface area contributed by atoms with Crippen molar-refractivity contribution in [2.24, 2.45) is 0 Å². The number of benzene rings is 1. The molecule has 0 radical (unpaired) electrons. The van der Waals surface area contributed by atoms with Gasteiger partial charge in [-0.1, -0.05) is 6.07 Å². The molecule has 0 saturated heterocycles. The highest BCUT2D eigenvalue weighted by Gasteiger charge is 2.19. The van der Waals surface area contributed by atoms with E-state index in [9.17, 15) is 14.5 Å². The smallest absolute Gasteiger partial charge is 0.251 e. The summed E-state index contributed by atoms with van der Waals surface area (Å²) in [5.41, 5.74) is 1.67. The lowest BCUT2D eigenvalue weighted by Gasteiger charge is -2.14. The Morgan fingerprint density at radius 1 is 1.41 bits per heavy atom. The fourth-order valence-corrected chi connectivity index (χ4v) is 2.82. The minimum absolute atomic E-state index is 0.0781. The monoisotopic (exact) mass is 255 g/mol. The lowest BCUT2D eigenvalue weighted by molar-refractivity contribution is 0.0961. The maximum Gasteiger partial charge on any atom is 0.251 e. The molecule has 0 spiro atoms. The lowest BCUT2D eigenvalue weighted by atomic mass is 10.0. The maximum absolute atomic E-state index is 11.8. The van der Waals surface area contributed by atoms with Gasteiger partial charge in [-0.15, -0.1) is 0 Å². The summed E-state index contributed by atoms with van der Waals surface area (Å²) in [5, 5.41) is 12.2. The zero-order valence-corrected chi connectivity index (χ0v) is 11.5. The molecule has 1 aromatic rings. The van der Waals surface area contributed by atoms with Gasteiger partial charge in [0, 0.05) is 24.3 Å². The molecule has 1 aromatic carbocycles. The van der Waals surface area contributed by atoms with Crippen LogP contribution >= 0.6 is 7.14 Å². The Morgan fingerprint density at radius 3 is 2.47 bits per heavy atom. The number of carbonyl (C=O) groups is 1. The number of aromatic hydroxyl groups is 1. The van der Waals surface area contributed by atoms with Crippen LogP contribution in [0.5, 0.6) is 5.75 Å². The number of amides is 1. The van der Waals surface area contributed by atoms with E-state index in [0.29, 0.717) is 22.9 Å². The van der Waals surface area contributed by atoms with Crippen LogP contribution in [0.15, 0.2) is 12.1 Å². The van der Waals surface area contributed by atoms with Crippen LogP contribution in [0.25, 0.3) is 0 Å². The summed E-state index contributed by atoms with van der Waals surface area (Å²) in [6, 6.07) is 3.19. The molecule has 94 valence electrons. The molecule has 0 aliphatic carbocycles. The van der Waals surface area contributed by atoms with E-state index in [2.05, 4.69) is 5.32 Å². The van der Waals surface area contributed by atoms with Gasteiger partial charge in [0.15, 0.2) is 0 Å². The van der Waals surface area contributed by atoms with E-state index >= 15 is 0 Å². The highest BCUT2D eigenvalue weighted by molar-refractivity contribution is 7.61. The average Bonchev–Trinajstić information content (AvgIpc) is 2.21. The largest absolute Gasteiger partial charge is 0.508 e. The van der Waals surface area contributed by atoms with Gasteiger partial charge < -0.3 is 15.0 Å². The first-order chi connectivity index (χ1) is 7.76. The van der Waals surface area contributed by atoms with Crippen LogP contribution in [-0.4, -0.2) is 31.4 Å². The Bertz CT molecular complexity index is 491. The number of phenolic OH excluding ortho intramolecular Hbond substituents is 1. The van der Waals surface area contributed by atoms with Crippen molar-refractivity contribution in [1.82, 2.24) is 5.32 Å². The third kappa shape index (κ3) is 3.34. The highest BCUT2D eigenvalue weighted by atomic mass is 31.2. The third-order valence-corrected chi connectivity index (χ3v) is 3.63. The zero-order chi connectivity index (χ0) is 13.2. The summed E-state index contributed by atoms with van der Waals surface area (Å²) >= 11 is 0. The molecule has 4 nitrogen and oxygen atoms in total. The summed E-state index contributed by atoms with van der Waals surface area (Å²) in [4.78, 5) is 11.8. The van der Waals surface area contributed by atoms with Crippen LogP contribution in [-0.2, 0) is 10.7 Å². The summed E-state index contributed by atoms with van der Waals surface area (Å²) in [5.74, 6) is -0.184. The third-order valence-electron chi connectivity index (χ3n) is 2.53. The standard InChI is InChI=1S/C12H18NO3P/c1-8-10(14)6-5-9(7-17(3,4)16)11(8)12(15)13-2/h5-6,14H,7H2,1-4H3,(H,13,15). The van der Waals surface area contributed by atoms with Crippen LogP contribution in [0.3, 0.4) is 0 Å². The van der Waals surface area contributed by atoms with Gasteiger partial charge in [0.05, 0.1) is 7.14 Å². The molecule has 1 amide bonds. The van der Waals surface area contributed by atoms with Crippen molar-refractivity contribution in [3.63, 3.8) is 0 Å². The molecule has 1 rings (SSSR count). The Morgan fingerprint density at radius 2 is 2.00 bits per heavy atom. The van der Waals surface area contributed by atoms with Crippen molar-refractivity contribution in [1.29, 1.82) is 0 Å². The maximum atomic E-state index is 11.8. The summed E-state index contributed by atoms with van der Waals surface area (Å²) < 4.78 is 11.8. The number of hydrogen-bond acceptors (Lipinski definition) is 3. The summed E-state index contributed by atoms with van der Waals surface area (Å²) in [6.45, 7) is 5.05. The van der Waals surface area contributed by atoms with Crippen molar-refractivity contribution < 1.29 is 14.5 Å². The number of hydrogen-bond donors (Lipinski definition) is 2. The van der Waals surface area contributed by atoms with E-state index in [-0.39, 0.29) is 11.7 Å². The number of carbonyl (C=O) groups excluding carboxylic acids is 1. The Kier molecular flexibility index (Phi) is 3.99. The number of nitrogens with one attached hydrogen (secondary N) is 1. The predicted molar refractivity (Wildman–Crippen MR) is 69.4 cm³/mol. The molecule has 0 fully saturated rings. The molecule has 0 unspecified atom stereocenters. The molecule has 0 atom stereocenters. The van der Waals surface area contributed by atoms with Crippen LogP contribution < -0.4 is 5.32 Å². The molecule has 0 aliphatic heterocycles. The molecule has 0 aliphatic rings. The van der Waals surface area contributed by atoms with E-state index in [1.807, 2.05) is 0 Å². The summed E-state index contributed by atoms with van der Waals surface area (Å²) in [6.07, 6.45) is 0.358. The minimum atomic E-state index is -2.26. The van der Waals surface area contributed by atoms with Gasteiger partial charge in [-0.05, 0) is 31.9 Å². The van der Waals surface area contributed by atoms with E-state index in [1.165, 1.54) is 13.1 Å². The Hall–Kier alpha value is -1.28. The van der Waals surface area contributed by atoms with Crippen molar-refractivity contribution >= 4 is 13.0 Å². The molecular weight excluding hydrogens is 237 g/mol. The molecule has 2 N–H and O–H groups in total. The SMILES string of the molecule is CNC(=O)c1c(CP(C)(C)=O)ccc(O)c1C. The van der Waals surface area contributed by atoms with Gasteiger partial charge >= 0.3 is 0 Å². The van der Waals surface area contributed by atoms with Crippen LogP contribution in [0.2, 0.25) is 0 Å². The van der Waals surface area contributed by atoms with Crippen molar-refractivity contribution in [3.8, 4) is 5.75 Å². The van der Waals surface area contributed by atoms with E-state index in [4.69, 9.17) is 0 Å². The topological polar surface area (TPSA) is 66.4 Å². The predicted octanol–water partition coefficient (Wildman–Crippen LogP) is 2.18. The molecule has 0 aromatic heterocycles. The Labute approximate surface area is 101 Å². The van der Waals surface area contributed by atoms with Gasteiger partial charge in [0.1, 0.15) is 5.75 Å². The fourth-order valence-electron chi connectivity index (χ4n) is 1.74. The van der Waals surface area contributed by atoms with Crippen LogP contribution in [0.4, 0.5) is 0 Å². The van der Waals surface area contributed by atoms with E-state index in [1.54, 1.807) is 26.3 Å².